The van der Waals surface area contributed by atoms with E-state index in [0.29, 0.717) is 6.61 Å². The summed E-state index contributed by atoms with van der Waals surface area (Å²) in [5, 5.41) is 13.4. The molecule has 0 amide bonds. The first-order valence-corrected chi connectivity index (χ1v) is 7.22. The summed E-state index contributed by atoms with van der Waals surface area (Å²) < 4.78 is 11.1. The number of nitrogens with one attached hydrogen (secondary N) is 1. The van der Waals surface area contributed by atoms with Gasteiger partial charge in [0.25, 0.3) is 0 Å². The van der Waals surface area contributed by atoms with Gasteiger partial charge in [-0.15, -0.1) is 0 Å². The van der Waals surface area contributed by atoms with E-state index >= 15 is 0 Å². The molecule has 0 spiro atoms. The highest BCUT2D eigenvalue weighted by Crippen LogP contribution is 2.37. The van der Waals surface area contributed by atoms with Gasteiger partial charge in [0, 0.05) is 24.8 Å². The van der Waals surface area contributed by atoms with Crippen molar-refractivity contribution in [1.82, 2.24) is 0 Å². The molecule has 1 fully saturated rings. The Bertz CT molecular complexity index is 451. The third-order valence-corrected chi connectivity index (χ3v) is 4.27. The Hall–Kier alpha value is -1.26. The number of rotatable bonds is 5. The molecule has 4 nitrogen and oxygen atoms in total. The van der Waals surface area contributed by atoms with Gasteiger partial charge in [0.15, 0.2) is 0 Å². The fraction of sp³-hybridized carbons (Fsp3) is 0.625. The molecule has 20 heavy (non-hydrogen) atoms. The van der Waals surface area contributed by atoms with Crippen molar-refractivity contribution in [2.75, 3.05) is 25.6 Å². The van der Waals surface area contributed by atoms with Gasteiger partial charge in [0.1, 0.15) is 5.75 Å². The van der Waals surface area contributed by atoms with Crippen molar-refractivity contribution in [2.24, 2.45) is 0 Å². The molecule has 0 aliphatic carbocycles. The third kappa shape index (κ3) is 3.25. The summed E-state index contributed by atoms with van der Waals surface area (Å²) in [6, 6.07) is 7.82. The number of aliphatic hydroxyl groups is 1. The number of benzene rings is 1. The van der Waals surface area contributed by atoms with Crippen LogP contribution < -0.4 is 10.1 Å². The third-order valence-electron chi connectivity index (χ3n) is 4.27. The van der Waals surface area contributed by atoms with Crippen LogP contribution in [0, 0.1) is 0 Å². The molecule has 2 atom stereocenters. The summed E-state index contributed by atoms with van der Waals surface area (Å²) >= 11 is 0. The second-order valence-corrected chi connectivity index (χ2v) is 5.87. The number of aliphatic hydroxyl groups excluding tert-OH is 1. The molecule has 1 aliphatic heterocycles. The molecular weight excluding hydrogens is 254 g/mol. The van der Waals surface area contributed by atoms with Crippen LogP contribution in [-0.2, 0) is 4.74 Å². The van der Waals surface area contributed by atoms with Gasteiger partial charge in [-0.3, -0.25) is 0 Å². The minimum atomic E-state index is -0.324. The maximum absolute atomic E-state index is 9.91. The summed E-state index contributed by atoms with van der Waals surface area (Å²) in [5.74, 6) is 0.813. The zero-order chi connectivity index (χ0) is 14.6. The van der Waals surface area contributed by atoms with Crippen LogP contribution in [0.2, 0.25) is 0 Å². The highest BCUT2D eigenvalue weighted by atomic mass is 16.5. The van der Waals surface area contributed by atoms with Crippen LogP contribution in [0.5, 0.6) is 5.75 Å². The fourth-order valence-electron chi connectivity index (χ4n) is 2.86. The lowest BCUT2D eigenvalue weighted by molar-refractivity contribution is -0.0973. The van der Waals surface area contributed by atoms with Crippen LogP contribution in [0.3, 0.4) is 0 Å². The van der Waals surface area contributed by atoms with Crippen molar-refractivity contribution in [3.05, 3.63) is 24.3 Å². The first kappa shape index (κ1) is 15.1. The fourth-order valence-corrected chi connectivity index (χ4v) is 2.86. The Labute approximate surface area is 121 Å². The maximum Gasteiger partial charge on any atom is 0.120 e. The Morgan fingerprint density at radius 1 is 1.45 bits per heavy atom. The molecule has 1 aromatic carbocycles. The lowest BCUT2D eigenvalue weighted by atomic mass is 9.79. The SMILES string of the molecule is CCC1(C)CC(CO)(Nc2cccc(OC)c2)CCO1. The zero-order valence-corrected chi connectivity index (χ0v) is 12.6. The number of methoxy groups -OCH3 is 1. The maximum atomic E-state index is 9.91. The highest BCUT2D eigenvalue weighted by Gasteiger charge is 2.42. The number of anilines is 1. The Kier molecular flexibility index (Phi) is 4.55. The van der Waals surface area contributed by atoms with Crippen LogP contribution in [0.25, 0.3) is 0 Å². The van der Waals surface area contributed by atoms with Gasteiger partial charge in [0.2, 0.25) is 0 Å². The lowest BCUT2D eigenvalue weighted by Crippen LogP contribution is -2.54. The van der Waals surface area contributed by atoms with E-state index < -0.39 is 0 Å². The predicted molar refractivity (Wildman–Crippen MR) is 80.3 cm³/mol. The molecule has 112 valence electrons. The normalized spacial score (nSPS) is 30.0. The first-order valence-electron chi connectivity index (χ1n) is 7.22. The smallest absolute Gasteiger partial charge is 0.120 e. The average molecular weight is 279 g/mol. The summed E-state index contributed by atoms with van der Waals surface area (Å²) in [5.41, 5.74) is 0.473. The number of hydrogen-bond donors (Lipinski definition) is 2. The van der Waals surface area contributed by atoms with Crippen molar-refractivity contribution in [3.63, 3.8) is 0 Å². The molecular formula is C16H25NO3. The molecule has 2 unspecified atom stereocenters. The van der Waals surface area contributed by atoms with Crippen molar-refractivity contribution >= 4 is 5.69 Å². The monoisotopic (exact) mass is 279 g/mol. The van der Waals surface area contributed by atoms with E-state index in [4.69, 9.17) is 9.47 Å². The second-order valence-electron chi connectivity index (χ2n) is 5.87. The zero-order valence-electron chi connectivity index (χ0n) is 12.6. The highest BCUT2D eigenvalue weighted by molar-refractivity contribution is 5.50. The van der Waals surface area contributed by atoms with Crippen molar-refractivity contribution in [3.8, 4) is 5.75 Å². The van der Waals surface area contributed by atoms with Crippen molar-refractivity contribution < 1.29 is 14.6 Å². The topological polar surface area (TPSA) is 50.7 Å². The van der Waals surface area contributed by atoms with Gasteiger partial charge >= 0.3 is 0 Å². The molecule has 0 bridgehead atoms. The van der Waals surface area contributed by atoms with E-state index in [1.807, 2.05) is 24.3 Å². The van der Waals surface area contributed by atoms with Gasteiger partial charge in [-0.25, -0.2) is 0 Å². The molecule has 1 heterocycles. The van der Waals surface area contributed by atoms with E-state index in [0.717, 1.165) is 30.7 Å². The number of ether oxygens (including phenoxy) is 2. The van der Waals surface area contributed by atoms with E-state index in [1.165, 1.54) is 0 Å². The van der Waals surface area contributed by atoms with Gasteiger partial charge in [-0.1, -0.05) is 13.0 Å². The summed E-state index contributed by atoms with van der Waals surface area (Å²) in [7, 11) is 1.66. The molecule has 1 aromatic rings. The molecule has 2 N–H and O–H groups in total. The van der Waals surface area contributed by atoms with Crippen LogP contribution in [0.15, 0.2) is 24.3 Å². The molecule has 1 aliphatic rings. The van der Waals surface area contributed by atoms with Gasteiger partial charge in [-0.2, -0.15) is 0 Å². The largest absolute Gasteiger partial charge is 0.497 e. The average Bonchev–Trinajstić information content (AvgIpc) is 2.47. The summed E-state index contributed by atoms with van der Waals surface area (Å²) in [6.45, 7) is 5.01. The van der Waals surface area contributed by atoms with Gasteiger partial charge < -0.3 is 19.9 Å². The minimum absolute atomic E-state index is 0.100. The first-order chi connectivity index (χ1) is 9.55. The van der Waals surface area contributed by atoms with E-state index in [2.05, 4.69) is 19.2 Å². The van der Waals surface area contributed by atoms with Gasteiger partial charge in [0.05, 0.1) is 24.9 Å². The molecule has 0 radical (unpaired) electrons. The van der Waals surface area contributed by atoms with E-state index in [1.54, 1.807) is 7.11 Å². The Morgan fingerprint density at radius 2 is 2.25 bits per heavy atom. The molecule has 0 saturated carbocycles. The van der Waals surface area contributed by atoms with Crippen LogP contribution in [0.1, 0.15) is 33.1 Å². The van der Waals surface area contributed by atoms with Crippen molar-refractivity contribution in [2.45, 2.75) is 44.2 Å². The van der Waals surface area contributed by atoms with E-state index in [-0.39, 0.29) is 17.7 Å². The predicted octanol–water partition coefficient (Wildman–Crippen LogP) is 2.82. The standard InChI is InChI=1S/C16H25NO3/c1-4-15(2)11-16(12-18,8-9-20-15)17-13-6-5-7-14(10-13)19-3/h5-7,10,17-18H,4,8-9,11-12H2,1-3H3. The molecule has 4 heteroatoms. The molecule has 1 saturated heterocycles. The molecule has 0 aromatic heterocycles. The van der Waals surface area contributed by atoms with Gasteiger partial charge in [-0.05, 0) is 31.9 Å². The summed E-state index contributed by atoms with van der Waals surface area (Å²) in [6.07, 6.45) is 2.54. The molecule has 2 rings (SSSR count). The van der Waals surface area contributed by atoms with Crippen LogP contribution in [-0.4, -0.2) is 36.6 Å². The second kappa shape index (κ2) is 6.02. The Morgan fingerprint density at radius 3 is 2.90 bits per heavy atom. The number of hydrogen-bond acceptors (Lipinski definition) is 4. The van der Waals surface area contributed by atoms with E-state index in [9.17, 15) is 5.11 Å². The Balaban J connectivity index is 2.18. The lowest BCUT2D eigenvalue weighted by Gasteiger charge is -2.46. The summed E-state index contributed by atoms with van der Waals surface area (Å²) in [4.78, 5) is 0. The quantitative estimate of drug-likeness (QED) is 0.870. The van der Waals surface area contributed by atoms with Crippen molar-refractivity contribution in [1.29, 1.82) is 0 Å². The van der Waals surface area contributed by atoms with Crippen LogP contribution >= 0.6 is 0 Å². The minimum Gasteiger partial charge on any atom is -0.497 e. The van der Waals surface area contributed by atoms with Crippen LogP contribution in [0.4, 0.5) is 5.69 Å².